The number of guanidine groups is 1. The molecular formula is C18H32N8O6S. The molecule has 186 valence electrons. The average molecular weight is 489 g/mol. The van der Waals surface area contributed by atoms with E-state index in [4.69, 9.17) is 22.3 Å². The first kappa shape index (κ1) is 28.0. The van der Waals surface area contributed by atoms with E-state index in [-0.39, 0.29) is 30.6 Å². The van der Waals surface area contributed by atoms with E-state index in [2.05, 4.69) is 38.9 Å². The summed E-state index contributed by atoms with van der Waals surface area (Å²) in [6, 6.07) is -4.20. The second-order valence-electron chi connectivity index (χ2n) is 7.47. The van der Waals surface area contributed by atoms with Gasteiger partial charge in [0, 0.05) is 12.3 Å². The summed E-state index contributed by atoms with van der Waals surface area (Å²) in [6.45, 7) is 0.922. The Kier molecular flexibility index (Phi) is 12.0. The predicted molar refractivity (Wildman–Crippen MR) is 122 cm³/mol. The van der Waals surface area contributed by atoms with Gasteiger partial charge in [0.25, 0.3) is 0 Å². The molecule has 0 aliphatic carbocycles. The highest BCUT2D eigenvalue weighted by Crippen LogP contribution is 2.07. The second kappa shape index (κ2) is 14.2. The number of carbonyl (C=O) groups excluding carboxylic acids is 4. The minimum absolute atomic E-state index is 0.106. The minimum Gasteiger partial charge on any atom is -0.480 e. The number of nitrogens with one attached hydrogen (secondary N) is 4. The van der Waals surface area contributed by atoms with Crippen LogP contribution in [0.25, 0.3) is 0 Å². The number of aliphatic carboxylic acids is 1. The molecule has 1 saturated heterocycles. The van der Waals surface area contributed by atoms with Crippen molar-refractivity contribution >= 4 is 48.2 Å². The lowest BCUT2D eigenvalue weighted by molar-refractivity contribution is -0.143. The van der Waals surface area contributed by atoms with Gasteiger partial charge in [-0.25, -0.2) is 4.79 Å². The van der Waals surface area contributed by atoms with E-state index in [1.54, 1.807) is 0 Å². The summed E-state index contributed by atoms with van der Waals surface area (Å²) in [5.74, 6) is -4.53. The van der Waals surface area contributed by atoms with Crippen LogP contribution in [0.3, 0.4) is 0 Å². The predicted octanol–water partition coefficient (Wildman–Crippen LogP) is -3.86. The van der Waals surface area contributed by atoms with E-state index in [0.717, 1.165) is 6.42 Å². The van der Waals surface area contributed by atoms with Crippen molar-refractivity contribution < 1.29 is 29.1 Å². The summed E-state index contributed by atoms with van der Waals surface area (Å²) < 4.78 is 0. The quantitative estimate of drug-likeness (QED) is 0.0502. The smallest absolute Gasteiger partial charge is 0.326 e. The lowest BCUT2D eigenvalue weighted by Crippen LogP contribution is -2.57. The van der Waals surface area contributed by atoms with E-state index >= 15 is 0 Å². The third-order valence-corrected chi connectivity index (χ3v) is 5.16. The monoisotopic (exact) mass is 488 g/mol. The van der Waals surface area contributed by atoms with Gasteiger partial charge in [0.05, 0.1) is 12.5 Å². The number of thiol groups is 1. The van der Waals surface area contributed by atoms with E-state index in [9.17, 15) is 24.0 Å². The maximum Gasteiger partial charge on any atom is 0.326 e. The van der Waals surface area contributed by atoms with Gasteiger partial charge in [-0.3, -0.25) is 24.2 Å². The summed E-state index contributed by atoms with van der Waals surface area (Å²) in [6.07, 6.45) is 1.39. The molecule has 0 aromatic rings. The molecule has 11 N–H and O–H groups in total. The Morgan fingerprint density at radius 2 is 1.67 bits per heavy atom. The number of amides is 4. The Balaban J connectivity index is 2.83. The first-order valence-corrected chi connectivity index (χ1v) is 11.0. The number of rotatable bonds is 14. The van der Waals surface area contributed by atoms with Gasteiger partial charge in [-0.1, -0.05) is 0 Å². The standard InChI is InChI=1S/C18H32N8O6S/c19-13(27)7-11(17(31)32)25-16(30)12(8-33)26-15(29)10(4-2-6-23-18(20)21)24-14(28)9-3-1-5-22-9/h9-12,22,33H,1-8H2,(H2,19,27)(H,24,28)(H,25,30)(H,26,29)(H,31,32)(H4,20,21,23). The van der Waals surface area contributed by atoms with E-state index in [1.165, 1.54) is 0 Å². The molecule has 0 aromatic carbocycles. The Bertz CT molecular complexity index is 754. The lowest BCUT2D eigenvalue weighted by atomic mass is 10.1. The Morgan fingerprint density at radius 3 is 2.18 bits per heavy atom. The van der Waals surface area contributed by atoms with Crippen molar-refractivity contribution in [2.75, 3.05) is 18.8 Å². The molecule has 1 aliphatic heterocycles. The molecular weight excluding hydrogens is 456 g/mol. The van der Waals surface area contributed by atoms with Crippen LogP contribution in [0.5, 0.6) is 0 Å². The number of nitrogens with zero attached hydrogens (tertiary/aromatic N) is 1. The molecule has 14 nitrogen and oxygen atoms in total. The molecule has 33 heavy (non-hydrogen) atoms. The van der Waals surface area contributed by atoms with Gasteiger partial charge in [-0.15, -0.1) is 0 Å². The zero-order chi connectivity index (χ0) is 25.0. The van der Waals surface area contributed by atoms with Crippen LogP contribution < -0.4 is 38.5 Å². The molecule has 4 unspecified atom stereocenters. The highest BCUT2D eigenvalue weighted by atomic mass is 32.1. The maximum atomic E-state index is 12.9. The van der Waals surface area contributed by atoms with Crippen molar-refractivity contribution in [3.63, 3.8) is 0 Å². The van der Waals surface area contributed by atoms with Gasteiger partial charge in [0.1, 0.15) is 18.1 Å². The molecule has 0 radical (unpaired) electrons. The first-order valence-electron chi connectivity index (χ1n) is 10.4. The van der Waals surface area contributed by atoms with Crippen molar-refractivity contribution in [3.05, 3.63) is 0 Å². The summed E-state index contributed by atoms with van der Waals surface area (Å²) >= 11 is 4.03. The molecule has 0 spiro atoms. The normalized spacial score (nSPS) is 17.8. The molecule has 4 amide bonds. The van der Waals surface area contributed by atoms with Crippen LogP contribution in [0, 0.1) is 0 Å². The third kappa shape index (κ3) is 10.4. The van der Waals surface area contributed by atoms with Gasteiger partial charge in [-0.05, 0) is 32.2 Å². The topological polar surface area (TPSA) is 244 Å². The Labute approximate surface area is 196 Å². The molecule has 1 fully saturated rings. The Hall–Kier alpha value is -3.07. The summed E-state index contributed by atoms with van der Waals surface area (Å²) in [4.78, 5) is 63.9. The summed E-state index contributed by atoms with van der Waals surface area (Å²) in [5.41, 5.74) is 15.6. The summed E-state index contributed by atoms with van der Waals surface area (Å²) in [7, 11) is 0. The molecule has 15 heteroatoms. The highest BCUT2D eigenvalue weighted by molar-refractivity contribution is 7.80. The fourth-order valence-electron chi connectivity index (χ4n) is 3.09. The van der Waals surface area contributed by atoms with Crippen molar-refractivity contribution in [1.29, 1.82) is 0 Å². The molecule has 1 rings (SSSR count). The third-order valence-electron chi connectivity index (χ3n) is 4.79. The SMILES string of the molecule is NC(=O)CC(NC(=O)C(CS)NC(=O)C(CCCN=C(N)N)NC(=O)C1CCCN1)C(=O)O. The fraction of sp³-hybridized carbons (Fsp3) is 0.667. The van der Waals surface area contributed by atoms with Crippen molar-refractivity contribution in [2.45, 2.75) is 56.3 Å². The van der Waals surface area contributed by atoms with Gasteiger partial charge in [-0.2, -0.15) is 12.6 Å². The van der Waals surface area contributed by atoms with Crippen LogP contribution in [-0.2, 0) is 24.0 Å². The molecule has 0 bridgehead atoms. The van der Waals surface area contributed by atoms with Crippen LogP contribution in [0.2, 0.25) is 0 Å². The van der Waals surface area contributed by atoms with Gasteiger partial charge < -0.3 is 43.6 Å². The number of carbonyl (C=O) groups is 5. The highest BCUT2D eigenvalue weighted by Gasteiger charge is 2.31. The van der Waals surface area contributed by atoms with E-state index in [0.29, 0.717) is 19.4 Å². The number of hydrogen-bond donors (Lipinski definition) is 9. The van der Waals surface area contributed by atoms with Crippen molar-refractivity contribution in [3.8, 4) is 0 Å². The number of aliphatic imine (C=N–C) groups is 1. The van der Waals surface area contributed by atoms with Gasteiger partial charge >= 0.3 is 5.97 Å². The summed E-state index contributed by atoms with van der Waals surface area (Å²) in [5, 5.41) is 19.4. The van der Waals surface area contributed by atoms with Crippen LogP contribution >= 0.6 is 12.6 Å². The Morgan fingerprint density at radius 1 is 1.03 bits per heavy atom. The minimum atomic E-state index is -1.56. The number of primary amides is 1. The lowest BCUT2D eigenvalue weighted by Gasteiger charge is -2.24. The van der Waals surface area contributed by atoms with Crippen LogP contribution in [-0.4, -0.2) is 83.7 Å². The second-order valence-corrected chi connectivity index (χ2v) is 7.84. The molecule has 1 aliphatic rings. The number of carboxylic acid groups (broad SMARTS) is 1. The zero-order valence-corrected chi connectivity index (χ0v) is 19.0. The zero-order valence-electron chi connectivity index (χ0n) is 18.1. The van der Waals surface area contributed by atoms with E-state index in [1.807, 2.05) is 0 Å². The molecule has 0 aromatic heterocycles. The van der Waals surface area contributed by atoms with Crippen LogP contribution in [0.1, 0.15) is 32.1 Å². The number of carboxylic acids is 1. The first-order chi connectivity index (χ1) is 15.5. The largest absolute Gasteiger partial charge is 0.480 e. The molecule has 1 heterocycles. The maximum absolute atomic E-state index is 12.9. The number of hydrogen-bond acceptors (Lipinski definition) is 8. The van der Waals surface area contributed by atoms with Crippen LogP contribution in [0.15, 0.2) is 4.99 Å². The average Bonchev–Trinajstić information content (AvgIpc) is 3.27. The van der Waals surface area contributed by atoms with Crippen LogP contribution in [0.4, 0.5) is 0 Å². The van der Waals surface area contributed by atoms with Gasteiger partial charge in [0.15, 0.2) is 5.96 Å². The number of nitrogens with two attached hydrogens (primary N) is 3. The van der Waals surface area contributed by atoms with Gasteiger partial charge in [0.2, 0.25) is 23.6 Å². The van der Waals surface area contributed by atoms with E-state index < -0.39 is 54.3 Å². The molecule has 0 saturated carbocycles. The van der Waals surface area contributed by atoms with Crippen molar-refractivity contribution in [1.82, 2.24) is 21.3 Å². The fourth-order valence-corrected chi connectivity index (χ4v) is 3.35. The van der Waals surface area contributed by atoms with Crippen molar-refractivity contribution in [2.24, 2.45) is 22.2 Å². The molecule has 4 atom stereocenters.